The number of nitrogens with two attached hydrogens (primary N) is 1. The van der Waals surface area contributed by atoms with Crippen molar-refractivity contribution in [2.45, 2.75) is 59.4 Å². The highest BCUT2D eigenvalue weighted by Gasteiger charge is 2.21. The topological polar surface area (TPSA) is 87.3 Å². The van der Waals surface area contributed by atoms with E-state index in [1.807, 2.05) is 6.92 Å². The lowest BCUT2D eigenvalue weighted by Crippen LogP contribution is -2.38. The molecule has 21 heavy (non-hydrogen) atoms. The Hall–Kier alpha value is -1.40. The van der Waals surface area contributed by atoms with E-state index in [-0.39, 0.29) is 6.61 Å². The molecule has 0 spiro atoms. The van der Waals surface area contributed by atoms with E-state index >= 15 is 0 Å². The zero-order valence-corrected chi connectivity index (χ0v) is 13.7. The molecule has 0 fully saturated rings. The summed E-state index contributed by atoms with van der Waals surface area (Å²) in [4.78, 5) is 11.4. The van der Waals surface area contributed by atoms with Crippen LogP contribution >= 0.6 is 0 Å². The van der Waals surface area contributed by atoms with E-state index in [9.17, 15) is 5.11 Å². The highest BCUT2D eigenvalue weighted by molar-refractivity contribution is 5.58. The van der Waals surface area contributed by atoms with Crippen LogP contribution in [0.5, 0.6) is 0 Å². The van der Waals surface area contributed by atoms with Crippen molar-refractivity contribution in [1.82, 2.24) is 9.97 Å². The van der Waals surface area contributed by atoms with Crippen LogP contribution in [0.1, 0.15) is 51.4 Å². The SMILES string of the molecule is CCCc1nc(NN)c(C)c(N(CCO)C(CC)CC)n1. The summed E-state index contributed by atoms with van der Waals surface area (Å²) in [7, 11) is 0. The minimum atomic E-state index is 0.106. The van der Waals surface area contributed by atoms with E-state index in [4.69, 9.17) is 10.8 Å². The van der Waals surface area contributed by atoms with E-state index in [1.165, 1.54) is 0 Å². The first kappa shape index (κ1) is 17.7. The second kappa shape index (κ2) is 8.79. The van der Waals surface area contributed by atoms with Gasteiger partial charge in [0.2, 0.25) is 0 Å². The molecule has 0 saturated heterocycles. The number of hydrazine groups is 1. The fraction of sp³-hybridized carbons (Fsp3) is 0.733. The lowest BCUT2D eigenvalue weighted by atomic mass is 10.1. The molecule has 4 N–H and O–H groups in total. The third-order valence-electron chi connectivity index (χ3n) is 3.77. The van der Waals surface area contributed by atoms with Gasteiger partial charge in [-0.1, -0.05) is 20.8 Å². The molecule has 1 aromatic rings. The van der Waals surface area contributed by atoms with Crippen LogP contribution in [0, 0.1) is 6.92 Å². The monoisotopic (exact) mass is 295 g/mol. The Labute approximate surface area is 127 Å². The average molecular weight is 295 g/mol. The summed E-state index contributed by atoms with van der Waals surface area (Å²) < 4.78 is 0. The van der Waals surface area contributed by atoms with Crippen LogP contribution in [0.25, 0.3) is 0 Å². The number of aliphatic hydroxyl groups excluding tert-OH is 1. The van der Waals surface area contributed by atoms with E-state index in [0.717, 1.165) is 42.9 Å². The maximum atomic E-state index is 9.40. The fourth-order valence-electron chi connectivity index (χ4n) is 2.60. The number of aromatic nitrogens is 2. The predicted molar refractivity (Wildman–Crippen MR) is 87.4 cm³/mol. The Balaban J connectivity index is 3.30. The molecule has 0 amide bonds. The Bertz CT molecular complexity index is 434. The molecular weight excluding hydrogens is 266 g/mol. The predicted octanol–water partition coefficient (Wildman–Crippen LogP) is 2.01. The normalized spacial score (nSPS) is 11.0. The van der Waals surface area contributed by atoms with Crippen LogP contribution in [0.4, 0.5) is 11.6 Å². The maximum absolute atomic E-state index is 9.40. The third-order valence-corrected chi connectivity index (χ3v) is 3.77. The van der Waals surface area contributed by atoms with E-state index in [0.29, 0.717) is 18.4 Å². The highest BCUT2D eigenvalue weighted by Crippen LogP contribution is 2.26. The number of aryl methyl sites for hydroxylation is 1. The van der Waals surface area contributed by atoms with Gasteiger partial charge in [0.05, 0.1) is 6.61 Å². The summed E-state index contributed by atoms with van der Waals surface area (Å²) in [6, 6.07) is 0.353. The molecule has 6 heteroatoms. The summed E-state index contributed by atoms with van der Waals surface area (Å²) in [6.07, 6.45) is 3.82. The second-order valence-electron chi connectivity index (χ2n) is 5.22. The molecule has 0 aliphatic rings. The van der Waals surface area contributed by atoms with Gasteiger partial charge in [0.1, 0.15) is 17.5 Å². The minimum Gasteiger partial charge on any atom is -0.395 e. The third kappa shape index (κ3) is 4.28. The summed E-state index contributed by atoms with van der Waals surface area (Å²) in [5, 5.41) is 9.40. The molecule has 1 rings (SSSR count). The van der Waals surface area contributed by atoms with Gasteiger partial charge in [-0.25, -0.2) is 15.8 Å². The molecule has 1 aromatic heterocycles. The maximum Gasteiger partial charge on any atom is 0.148 e. The van der Waals surface area contributed by atoms with Gasteiger partial charge in [0, 0.05) is 24.6 Å². The number of hydrogen-bond donors (Lipinski definition) is 3. The van der Waals surface area contributed by atoms with E-state index in [1.54, 1.807) is 0 Å². The Morgan fingerprint density at radius 2 is 1.90 bits per heavy atom. The Morgan fingerprint density at radius 1 is 1.24 bits per heavy atom. The van der Waals surface area contributed by atoms with Gasteiger partial charge >= 0.3 is 0 Å². The van der Waals surface area contributed by atoms with Crippen LogP contribution in [0.3, 0.4) is 0 Å². The van der Waals surface area contributed by atoms with E-state index < -0.39 is 0 Å². The Morgan fingerprint density at radius 3 is 2.38 bits per heavy atom. The quantitative estimate of drug-likeness (QED) is 0.477. The molecule has 0 aromatic carbocycles. The first-order valence-electron chi connectivity index (χ1n) is 7.84. The summed E-state index contributed by atoms with van der Waals surface area (Å²) in [6.45, 7) is 9.06. The number of anilines is 2. The zero-order chi connectivity index (χ0) is 15.8. The standard InChI is InChI=1S/C15H29N5O/c1-5-8-13-17-14(19-16)11(4)15(18-13)20(9-10-21)12(6-2)7-3/h12,21H,5-10,16H2,1-4H3,(H,17,18,19). The highest BCUT2D eigenvalue weighted by atomic mass is 16.3. The molecule has 0 atom stereocenters. The number of hydrogen-bond acceptors (Lipinski definition) is 6. The Kier molecular flexibility index (Phi) is 7.39. The minimum absolute atomic E-state index is 0.106. The first-order valence-corrected chi connectivity index (χ1v) is 7.84. The smallest absolute Gasteiger partial charge is 0.148 e. The van der Waals surface area contributed by atoms with Crippen LogP contribution in [0.15, 0.2) is 0 Å². The van der Waals surface area contributed by atoms with Crippen molar-refractivity contribution in [3.8, 4) is 0 Å². The van der Waals surface area contributed by atoms with Crippen molar-refractivity contribution in [1.29, 1.82) is 0 Å². The molecule has 1 heterocycles. The second-order valence-corrected chi connectivity index (χ2v) is 5.22. The molecule has 120 valence electrons. The molecular formula is C15H29N5O. The van der Waals surface area contributed by atoms with Crippen molar-refractivity contribution >= 4 is 11.6 Å². The van der Waals surface area contributed by atoms with Crippen LogP contribution in [-0.2, 0) is 6.42 Å². The van der Waals surface area contributed by atoms with Crippen molar-refractivity contribution < 1.29 is 5.11 Å². The van der Waals surface area contributed by atoms with Gasteiger partial charge in [-0.05, 0) is 26.2 Å². The lowest BCUT2D eigenvalue weighted by Gasteiger charge is -2.32. The van der Waals surface area contributed by atoms with Crippen molar-refractivity contribution in [3.05, 3.63) is 11.4 Å². The van der Waals surface area contributed by atoms with Gasteiger partial charge in [-0.15, -0.1) is 0 Å². The molecule has 0 saturated carbocycles. The zero-order valence-electron chi connectivity index (χ0n) is 13.7. The summed E-state index contributed by atoms with van der Waals surface area (Å²) in [5.74, 6) is 7.93. The first-order chi connectivity index (χ1) is 10.1. The number of nitrogens with one attached hydrogen (secondary N) is 1. The number of rotatable bonds is 9. The largest absolute Gasteiger partial charge is 0.395 e. The van der Waals surface area contributed by atoms with Crippen molar-refractivity contribution in [2.75, 3.05) is 23.5 Å². The van der Waals surface area contributed by atoms with Gasteiger partial charge in [-0.2, -0.15) is 0 Å². The van der Waals surface area contributed by atoms with Crippen LogP contribution < -0.4 is 16.2 Å². The average Bonchev–Trinajstić information content (AvgIpc) is 2.49. The van der Waals surface area contributed by atoms with Crippen LogP contribution in [0.2, 0.25) is 0 Å². The molecule has 0 bridgehead atoms. The van der Waals surface area contributed by atoms with Crippen LogP contribution in [-0.4, -0.2) is 34.3 Å². The summed E-state index contributed by atoms with van der Waals surface area (Å²) >= 11 is 0. The van der Waals surface area contributed by atoms with E-state index in [2.05, 4.69) is 36.1 Å². The van der Waals surface area contributed by atoms with Gasteiger partial charge in [0.15, 0.2) is 0 Å². The molecule has 0 radical (unpaired) electrons. The van der Waals surface area contributed by atoms with Gasteiger partial charge in [0.25, 0.3) is 0 Å². The number of aliphatic hydroxyl groups is 1. The molecule has 0 aliphatic carbocycles. The van der Waals surface area contributed by atoms with Crippen molar-refractivity contribution in [2.24, 2.45) is 5.84 Å². The molecule has 0 aliphatic heterocycles. The van der Waals surface area contributed by atoms with Gasteiger partial charge in [-0.3, -0.25) is 0 Å². The molecule has 0 unspecified atom stereocenters. The molecule has 6 nitrogen and oxygen atoms in total. The van der Waals surface area contributed by atoms with Gasteiger partial charge < -0.3 is 15.4 Å². The fourth-order valence-corrected chi connectivity index (χ4v) is 2.60. The van der Waals surface area contributed by atoms with Crippen molar-refractivity contribution in [3.63, 3.8) is 0 Å². The summed E-state index contributed by atoms with van der Waals surface area (Å²) in [5.41, 5.74) is 3.59. The number of nitrogens with zero attached hydrogens (tertiary/aromatic N) is 3. The lowest BCUT2D eigenvalue weighted by molar-refractivity contribution is 0.295. The number of nitrogen functional groups attached to an aromatic ring is 1.